The predicted molar refractivity (Wildman–Crippen MR) is 77.8 cm³/mol. The van der Waals surface area contributed by atoms with E-state index in [0.717, 1.165) is 12.8 Å². The highest BCUT2D eigenvalue weighted by molar-refractivity contribution is 7.89. The minimum atomic E-state index is -3.49. The molecule has 2 atom stereocenters. The van der Waals surface area contributed by atoms with Gasteiger partial charge in [-0.25, -0.2) is 13.1 Å². The third-order valence-electron chi connectivity index (χ3n) is 3.66. The smallest absolute Gasteiger partial charge is 0.244 e. The molecule has 0 amide bonds. The molecule has 1 aromatic heterocycles. The maximum absolute atomic E-state index is 12.5. The van der Waals surface area contributed by atoms with Crippen LogP contribution in [-0.4, -0.2) is 30.7 Å². The molecule has 0 radical (unpaired) electrons. The van der Waals surface area contributed by atoms with E-state index in [1.807, 2.05) is 13.8 Å². The number of hydrogen-bond acceptors (Lipinski definition) is 4. The van der Waals surface area contributed by atoms with Crippen LogP contribution in [0.1, 0.15) is 45.0 Å². The van der Waals surface area contributed by atoms with Crippen LogP contribution >= 0.6 is 0 Å². The number of H-pyrrole nitrogens is 1. The zero-order valence-corrected chi connectivity index (χ0v) is 13.3. The van der Waals surface area contributed by atoms with E-state index in [1.54, 1.807) is 6.92 Å². The van der Waals surface area contributed by atoms with E-state index >= 15 is 0 Å². The lowest BCUT2D eigenvalue weighted by Crippen LogP contribution is -2.29. The summed E-state index contributed by atoms with van der Waals surface area (Å²) in [5.41, 5.74) is 1.14. The second-order valence-electron chi connectivity index (χ2n) is 5.79. The summed E-state index contributed by atoms with van der Waals surface area (Å²) in [6, 6.07) is 0.369. The molecule has 7 heteroatoms. The maximum Gasteiger partial charge on any atom is 0.244 e. The summed E-state index contributed by atoms with van der Waals surface area (Å²) in [6.07, 6.45) is 1.95. The molecule has 1 saturated carbocycles. The molecular weight excluding hydrogens is 276 g/mol. The second-order valence-corrected chi connectivity index (χ2v) is 7.44. The third-order valence-corrected chi connectivity index (χ3v) is 5.35. The van der Waals surface area contributed by atoms with Gasteiger partial charge in [0.15, 0.2) is 0 Å². The van der Waals surface area contributed by atoms with Crippen molar-refractivity contribution in [2.45, 2.75) is 64.1 Å². The molecule has 2 rings (SSSR count). The number of aryl methyl sites for hydroxylation is 1. The van der Waals surface area contributed by atoms with Gasteiger partial charge in [0, 0.05) is 18.6 Å². The Morgan fingerprint density at radius 2 is 2.15 bits per heavy atom. The second kappa shape index (κ2) is 5.83. The van der Waals surface area contributed by atoms with Crippen LogP contribution < -0.4 is 10.0 Å². The van der Waals surface area contributed by atoms with Gasteiger partial charge in [-0.05, 0) is 19.3 Å². The summed E-state index contributed by atoms with van der Waals surface area (Å²) in [4.78, 5) is 0.299. The lowest BCUT2D eigenvalue weighted by Gasteiger charge is -2.10. The van der Waals surface area contributed by atoms with Gasteiger partial charge in [-0.3, -0.25) is 5.10 Å². The Bertz CT molecular complexity index is 565. The van der Waals surface area contributed by atoms with Crippen LogP contribution in [0.4, 0.5) is 0 Å². The number of rotatable bonds is 7. The van der Waals surface area contributed by atoms with Crippen molar-refractivity contribution in [3.8, 4) is 0 Å². The van der Waals surface area contributed by atoms with Gasteiger partial charge in [0.2, 0.25) is 10.0 Å². The highest BCUT2D eigenvalue weighted by Gasteiger charge is 2.39. The molecule has 0 saturated heterocycles. The minimum Gasteiger partial charge on any atom is -0.309 e. The molecule has 6 nitrogen and oxygen atoms in total. The van der Waals surface area contributed by atoms with Crippen LogP contribution in [0.15, 0.2) is 4.90 Å². The zero-order valence-electron chi connectivity index (χ0n) is 12.5. The number of aromatic nitrogens is 2. The van der Waals surface area contributed by atoms with Crippen LogP contribution in [0, 0.1) is 12.8 Å². The van der Waals surface area contributed by atoms with Crippen molar-refractivity contribution in [3.05, 3.63) is 11.4 Å². The fourth-order valence-electron chi connectivity index (χ4n) is 2.35. The van der Waals surface area contributed by atoms with E-state index in [1.165, 1.54) is 0 Å². The van der Waals surface area contributed by atoms with E-state index in [9.17, 15) is 8.42 Å². The van der Waals surface area contributed by atoms with E-state index < -0.39 is 10.0 Å². The minimum absolute atomic E-state index is 0.0882. The standard InChI is InChI=1S/C13H24N4O2S/c1-5-10-6-11(10)17-20(18,19)13-9(4)15-16-12(13)7-14-8(2)3/h8,10-11,14,17H,5-7H2,1-4H3,(H,15,16). The fourth-order valence-corrected chi connectivity index (χ4v) is 4.03. The first-order valence-corrected chi connectivity index (χ1v) is 8.63. The molecule has 1 heterocycles. The molecule has 0 aromatic carbocycles. The Labute approximate surface area is 120 Å². The molecular formula is C13H24N4O2S. The molecule has 2 unspecified atom stereocenters. The number of aromatic amines is 1. The molecule has 3 N–H and O–H groups in total. The van der Waals surface area contributed by atoms with Crippen LogP contribution in [0.3, 0.4) is 0 Å². The van der Waals surface area contributed by atoms with Crippen LogP contribution in [-0.2, 0) is 16.6 Å². The van der Waals surface area contributed by atoms with Crippen molar-refractivity contribution >= 4 is 10.0 Å². The van der Waals surface area contributed by atoms with Crippen molar-refractivity contribution in [1.29, 1.82) is 0 Å². The first-order chi connectivity index (χ1) is 9.35. The number of nitrogens with one attached hydrogen (secondary N) is 3. The average molecular weight is 300 g/mol. The lowest BCUT2D eigenvalue weighted by molar-refractivity contribution is 0.561. The van der Waals surface area contributed by atoms with Crippen molar-refractivity contribution in [2.24, 2.45) is 5.92 Å². The Hall–Kier alpha value is -0.920. The third kappa shape index (κ3) is 3.39. The lowest BCUT2D eigenvalue weighted by atomic mass is 10.3. The predicted octanol–water partition coefficient (Wildman–Crippen LogP) is 1.29. The summed E-state index contributed by atoms with van der Waals surface area (Å²) in [5, 5.41) is 10.1. The Balaban J connectivity index is 2.16. The summed E-state index contributed by atoms with van der Waals surface area (Å²) in [6.45, 7) is 8.30. The molecule has 1 aromatic rings. The van der Waals surface area contributed by atoms with Crippen LogP contribution in [0.5, 0.6) is 0 Å². The largest absolute Gasteiger partial charge is 0.309 e. The van der Waals surface area contributed by atoms with Crippen LogP contribution in [0.2, 0.25) is 0 Å². The summed E-state index contributed by atoms with van der Waals surface area (Å²) >= 11 is 0. The SMILES string of the molecule is CCC1CC1NS(=O)(=O)c1c(CNC(C)C)n[nH]c1C. The molecule has 1 aliphatic carbocycles. The van der Waals surface area contributed by atoms with Crippen molar-refractivity contribution in [2.75, 3.05) is 0 Å². The van der Waals surface area contributed by atoms with Gasteiger partial charge in [0.25, 0.3) is 0 Å². The fraction of sp³-hybridized carbons (Fsp3) is 0.769. The van der Waals surface area contributed by atoms with Gasteiger partial charge < -0.3 is 5.32 Å². The van der Waals surface area contributed by atoms with Gasteiger partial charge in [-0.15, -0.1) is 0 Å². The normalized spacial score (nSPS) is 22.4. The van der Waals surface area contributed by atoms with Crippen molar-refractivity contribution in [1.82, 2.24) is 20.2 Å². The highest BCUT2D eigenvalue weighted by atomic mass is 32.2. The molecule has 1 aliphatic rings. The van der Waals surface area contributed by atoms with E-state index in [2.05, 4.69) is 27.2 Å². The number of nitrogens with zero attached hydrogens (tertiary/aromatic N) is 1. The van der Waals surface area contributed by atoms with Crippen LogP contribution in [0.25, 0.3) is 0 Å². The van der Waals surface area contributed by atoms with Gasteiger partial charge in [0.05, 0.1) is 11.4 Å². The van der Waals surface area contributed by atoms with E-state index in [-0.39, 0.29) is 12.1 Å². The summed E-state index contributed by atoms with van der Waals surface area (Å²) < 4.78 is 27.8. The Kier molecular flexibility index (Phi) is 4.51. The van der Waals surface area contributed by atoms with E-state index in [4.69, 9.17) is 0 Å². The van der Waals surface area contributed by atoms with Crippen molar-refractivity contribution < 1.29 is 8.42 Å². The number of hydrogen-bond donors (Lipinski definition) is 3. The van der Waals surface area contributed by atoms with Gasteiger partial charge in [-0.2, -0.15) is 5.10 Å². The van der Waals surface area contributed by atoms with Crippen molar-refractivity contribution in [3.63, 3.8) is 0 Å². The molecule has 0 aliphatic heterocycles. The molecule has 20 heavy (non-hydrogen) atoms. The molecule has 0 bridgehead atoms. The van der Waals surface area contributed by atoms with Gasteiger partial charge in [-0.1, -0.05) is 27.2 Å². The number of sulfonamides is 1. The zero-order chi connectivity index (χ0) is 14.9. The Morgan fingerprint density at radius 3 is 2.70 bits per heavy atom. The molecule has 0 spiro atoms. The monoisotopic (exact) mass is 300 g/mol. The summed E-state index contributed by atoms with van der Waals surface area (Å²) in [7, 11) is -3.49. The first kappa shape index (κ1) is 15.5. The average Bonchev–Trinajstić information content (AvgIpc) is 2.97. The Morgan fingerprint density at radius 1 is 1.45 bits per heavy atom. The highest BCUT2D eigenvalue weighted by Crippen LogP contribution is 2.34. The van der Waals surface area contributed by atoms with Gasteiger partial charge >= 0.3 is 0 Å². The first-order valence-electron chi connectivity index (χ1n) is 7.14. The summed E-state index contributed by atoms with van der Waals surface area (Å²) in [5.74, 6) is 0.481. The van der Waals surface area contributed by atoms with E-state index in [0.29, 0.717) is 28.7 Å². The quantitative estimate of drug-likeness (QED) is 0.708. The van der Waals surface area contributed by atoms with Gasteiger partial charge in [0.1, 0.15) is 4.90 Å². The molecule has 114 valence electrons. The molecule has 1 fully saturated rings. The topological polar surface area (TPSA) is 86.9 Å². The maximum atomic E-state index is 12.5.